The number of ether oxygens (including phenoxy) is 1. The molecule has 0 aliphatic heterocycles. The maximum Gasteiger partial charge on any atom is 0.246 e. The highest BCUT2D eigenvalue weighted by atomic mass is 16.5. The third kappa shape index (κ3) is 4.32. The summed E-state index contributed by atoms with van der Waals surface area (Å²) < 4.78 is 5.53. The standard InChI is InChI=1S/C16H23NO3/c1-12-6-2-5-9-14(12)15(18)10-17-16(19)11-20-13-7-3-4-8-13/h2,5-6,9,13,15,18H,3-4,7-8,10-11H2,1H3,(H,17,19)/t15-/m0/s1. The highest BCUT2D eigenvalue weighted by Gasteiger charge is 2.17. The zero-order valence-electron chi connectivity index (χ0n) is 12.0. The summed E-state index contributed by atoms with van der Waals surface area (Å²) in [5.41, 5.74) is 1.88. The lowest BCUT2D eigenvalue weighted by molar-refractivity contribution is -0.128. The van der Waals surface area contributed by atoms with E-state index in [0.717, 1.165) is 24.0 Å². The second kappa shape index (κ2) is 7.41. The molecule has 1 saturated carbocycles. The molecule has 1 aromatic rings. The van der Waals surface area contributed by atoms with Crippen LogP contribution < -0.4 is 5.32 Å². The van der Waals surface area contributed by atoms with E-state index < -0.39 is 6.10 Å². The molecule has 1 fully saturated rings. The molecule has 2 N–H and O–H groups in total. The van der Waals surface area contributed by atoms with Crippen LogP contribution in [-0.4, -0.2) is 30.3 Å². The van der Waals surface area contributed by atoms with E-state index in [1.165, 1.54) is 12.8 Å². The minimum absolute atomic E-state index is 0.0885. The van der Waals surface area contributed by atoms with Crippen LogP contribution in [0, 0.1) is 6.92 Å². The van der Waals surface area contributed by atoms with Crippen molar-refractivity contribution in [2.24, 2.45) is 0 Å². The Balaban J connectivity index is 1.71. The van der Waals surface area contributed by atoms with E-state index in [1.807, 2.05) is 31.2 Å². The first kappa shape index (κ1) is 15.0. The number of amides is 1. The van der Waals surface area contributed by atoms with Crippen LogP contribution in [0.25, 0.3) is 0 Å². The topological polar surface area (TPSA) is 58.6 Å². The van der Waals surface area contributed by atoms with Crippen molar-refractivity contribution in [3.8, 4) is 0 Å². The van der Waals surface area contributed by atoms with E-state index in [0.29, 0.717) is 0 Å². The number of aliphatic hydroxyl groups excluding tert-OH is 1. The van der Waals surface area contributed by atoms with Gasteiger partial charge >= 0.3 is 0 Å². The molecule has 1 aliphatic rings. The summed E-state index contributed by atoms with van der Waals surface area (Å²) in [4.78, 5) is 11.7. The molecule has 0 aromatic heterocycles. The molecule has 0 heterocycles. The minimum atomic E-state index is -0.674. The van der Waals surface area contributed by atoms with Crippen LogP contribution >= 0.6 is 0 Å². The van der Waals surface area contributed by atoms with Gasteiger partial charge in [0.05, 0.1) is 12.2 Å². The molecule has 0 radical (unpaired) electrons. The summed E-state index contributed by atoms with van der Waals surface area (Å²) in [6, 6.07) is 7.64. The van der Waals surface area contributed by atoms with E-state index in [1.54, 1.807) is 0 Å². The molecule has 0 saturated heterocycles. The Kier molecular flexibility index (Phi) is 5.56. The lowest BCUT2D eigenvalue weighted by Crippen LogP contribution is -2.32. The molecule has 0 bridgehead atoms. The van der Waals surface area contributed by atoms with Crippen LogP contribution in [0.3, 0.4) is 0 Å². The number of nitrogens with one attached hydrogen (secondary N) is 1. The molecule has 110 valence electrons. The van der Waals surface area contributed by atoms with Gasteiger partial charge in [-0.05, 0) is 30.9 Å². The maximum absolute atomic E-state index is 11.7. The zero-order chi connectivity index (χ0) is 14.4. The van der Waals surface area contributed by atoms with Crippen molar-refractivity contribution in [2.75, 3.05) is 13.2 Å². The normalized spacial score (nSPS) is 17.1. The Morgan fingerprint density at radius 1 is 1.40 bits per heavy atom. The molecule has 0 spiro atoms. The smallest absolute Gasteiger partial charge is 0.246 e. The van der Waals surface area contributed by atoms with Crippen molar-refractivity contribution in [1.29, 1.82) is 0 Å². The number of carbonyl (C=O) groups excluding carboxylic acids is 1. The Bertz CT molecular complexity index is 441. The molecule has 1 amide bonds. The van der Waals surface area contributed by atoms with Gasteiger partial charge in [-0.3, -0.25) is 4.79 Å². The molecular weight excluding hydrogens is 254 g/mol. The number of aryl methyl sites for hydroxylation is 1. The zero-order valence-corrected chi connectivity index (χ0v) is 12.0. The van der Waals surface area contributed by atoms with Crippen LogP contribution in [0.5, 0.6) is 0 Å². The summed E-state index contributed by atoms with van der Waals surface area (Å²) >= 11 is 0. The number of hydrogen-bond acceptors (Lipinski definition) is 3. The molecule has 1 atom stereocenters. The summed E-state index contributed by atoms with van der Waals surface area (Å²) in [6.45, 7) is 2.26. The third-order valence-electron chi connectivity index (χ3n) is 3.79. The van der Waals surface area contributed by atoms with Crippen molar-refractivity contribution in [2.45, 2.75) is 44.8 Å². The highest BCUT2D eigenvalue weighted by molar-refractivity contribution is 5.77. The van der Waals surface area contributed by atoms with Gasteiger partial charge in [-0.1, -0.05) is 37.1 Å². The molecule has 1 aliphatic carbocycles. The Morgan fingerprint density at radius 3 is 2.80 bits per heavy atom. The van der Waals surface area contributed by atoms with Gasteiger partial charge in [0.2, 0.25) is 5.91 Å². The van der Waals surface area contributed by atoms with Gasteiger partial charge in [-0.15, -0.1) is 0 Å². The van der Waals surface area contributed by atoms with E-state index in [4.69, 9.17) is 4.74 Å². The Morgan fingerprint density at radius 2 is 2.10 bits per heavy atom. The highest BCUT2D eigenvalue weighted by Crippen LogP contribution is 2.20. The second-order valence-electron chi connectivity index (χ2n) is 5.39. The lowest BCUT2D eigenvalue weighted by Gasteiger charge is -2.15. The average molecular weight is 277 g/mol. The summed E-state index contributed by atoms with van der Waals surface area (Å²) in [5, 5.41) is 12.8. The molecule has 1 aromatic carbocycles. The van der Waals surface area contributed by atoms with Gasteiger partial charge in [0.25, 0.3) is 0 Å². The SMILES string of the molecule is Cc1ccccc1[C@@H](O)CNC(=O)COC1CCCC1. The van der Waals surface area contributed by atoms with Gasteiger partial charge in [-0.2, -0.15) is 0 Å². The van der Waals surface area contributed by atoms with E-state index in [2.05, 4.69) is 5.32 Å². The fourth-order valence-electron chi connectivity index (χ4n) is 2.58. The minimum Gasteiger partial charge on any atom is -0.387 e. The first-order valence-corrected chi connectivity index (χ1v) is 7.28. The monoisotopic (exact) mass is 277 g/mol. The molecule has 2 rings (SSSR count). The largest absolute Gasteiger partial charge is 0.387 e. The first-order valence-electron chi connectivity index (χ1n) is 7.28. The van der Waals surface area contributed by atoms with E-state index in [9.17, 15) is 9.90 Å². The summed E-state index contributed by atoms with van der Waals surface area (Å²) in [5.74, 6) is -0.162. The fraction of sp³-hybridized carbons (Fsp3) is 0.562. The number of carbonyl (C=O) groups is 1. The van der Waals surface area contributed by atoms with Gasteiger partial charge in [0.1, 0.15) is 6.61 Å². The number of hydrogen-bond donors (Lipinski definition) is 2. The van der Waals surface area contributed by atoms with Crippen LogP contribution in [-0.2, 0) is 9.53 Å². The van der Waals surface area contributed by atoms with Crippen molar-refractivity contribution in [3.05, 3.63) is 35.4 Å². The average Bonchev–Trinajstić information content (AvgIpc) is 2.96. The van der Waals surface area contributed by atoms with Crippen molar-refractivity contribution < 1.29 is 14.6 Å². The van der Waals surface area contributed by atoms with Crippen LogP contribution in [0.4, 0.5) is 0 Å². The van der Waals surface area contributed by atoms with Crippen LogP contribution in [0.1, 0.15) is 42.9 Å². The van der Waals surface area contributed by atoms with Crippen molar-refractivity contribution >= 4 is 5.91 Å². The maximum atomic E-state index is 11.7. The van der Waals surface area contributed by atoms with E-state index >= 15 is 0 Å². The fourth-order valence-corrected chi connectivity index (χ4v) is 2.58. The second-order valence-corrected chi connectivity index (χ2v) is 5.39. The molecule has 20 heavy (non-hydrogen) atoms. The summed E-state index contributed by atoms with van der Waals surface area (Å²) in [6.07, 6.45) is 4.06. The van der Waals surface area contributed by atoms with Gasteiger partial charge in [-0.25, -0.2) is 0 Å². The Labute approximate surface area is 120 Å². The van der Waals surface area contributed by atoms with E-state index in [-0.39, 0.29) is 25.2 Å². The molecular formula is C16H23NO3. The predicted octanol–water partition coefficient (Wildman–Crippen LogP) is 2.10. The third-order valence-corrected chi connectivity index (χ3v) is 3.79. The van der Waals surface area contributed by atoms with Crippen molar-refractivity contribution in [1.82, 2.24) is 5.32 Å². The quantitative estimate of drug-likeness (QED) is 0.837. The number of aliphatic hydroxyl groups is 1. The molecule has 4 nitrogen and oxygen atoms in total. The van der Waals surface area contributed by atoms with Crippen LogP contribution in [0.15, 0.2) is 24.3 Å². The van der Waals surface area contributed by atoms with Gasteiger partial charge in [0.15, 0.2) is 0 Å². The van der Waals surface area contributed by atoms with Gasteiger partial charge < -0.3 is 15.2 Å². The molecule has 0 unspecified atom stereocenters. The molecule has 4 heteroatoms. The van der Waals surface area contributed by atoms with Gasteiger partial charge in [0, 0.05) is 6.54 Å². The van der Waals surface area contributed by atoms with Crippen LogP contribution in [0.2, 0.25) is 0 Å². The lowest BCUT2D eigenvalue weighted by atomic mass is 10.0. The predicted molar refractivity (Wildman–Crippen MR) is 77.4 cm³/mol. The number of benzene rings is 1. The number of rotatable bonds is 6. The summed E-state index contributed by atoms with van der Waals surface area (Å²) in [7, 11) is 0. The first-order chi connectivity index (χ1) is 9.66. The Hall–Kier alpha value is -1.39. The van der Waals surface area contributed by atoms with Crippen molar-refractivity contribution in [3.63, 3.8) is 0 Å².